The van der Waals surface area contributed by atoms with Gasteiger partial charge in [-0.25, -0.2) is 8.42 Å². The monoisotopic (exact) mass is 677 g/mol. The lowest BCUT2D eigenvalue weighted by Gasteiger charge is -2.43. The number of piperazine rings is 1. The number of likely N-dealkylation sites (tertiary alicyclic amines) is 1. The highest BCUT2D eigenvalue weighted by molar-refractivity contribution is 7.90. The number of carbonyl (C=O) groups is 4. The first-order chi connectivity index (χ1) is 22.4. The fourth-order valence-electron chi connectivity index (χ4n) is 7.33. The van der Waals surface area contributed by atoms with Gasteiger partial charge in [0.1, 0.15) is 24.4 Å². The molecule has 5 fully saturated rings. The number of hydrogen-bond acceptors (Lipinski definition) is 11. The zero-order valence-electron chi connectivity index (χ0n) is 26.3. The van der Waals surface area contributed by atoms with Crippen LogP contribution >= 0.6 is 0 Å². The molecule has 0 radical (unpaired) electrons. The van der Waals surface area contributed by atoms with Crippen molar-refractivity contribution >= 4 is 33.5 Å². The van der Waals surface area contributed by atoms with Crippen LogP contribution < -0.4 is 10.6 Å². The molecule has 5 aliphatic heterocycles. The summed E-state index contributed by atoms with van der Waals surface area (Å²) >= 11 is 0. The highest BCUT2D eigenvalue weighted by atomic mass is 32.2. The first-order valence-corrected chi connectivity index (χ1v) is 18.1. The lowest BCUT2D eigenvalue weighted by Crippen LogP contribution is -2.64. The van der Waals surface area contributed by atoms with Crippen molar-refractivity contribution in [3.05, 3.63) is 29.8 Å². The van der Waals surface area contributed by atoms with Gasteiger partial charge >= 0.3 is 0 Å². The van der Waals surface area contributed by atoms with Crippen LogP contribution in [0.5, 0.6) is 0 Å². The quantitative estimate of drug-likeness (QED) is 0.266. The molecule has 6 bridgehead atoms. The van der Waals surface area contributed by atoms with Crippen LogP contribution in [-0.4, -0.2) is 152 Å². The van der Waals surface area contributed by atoms with Gasteiger partial charge in [-0.1, -0.05) is 12.1 Å². The number of nitrogens with zero attached hydrogens (tertiary/aromatic N) is 3. The van der Waals surface area contributed by atoms with E-state index in [0.29, 0.717) is 39.1 Å². The minimum absolute atomic E-state index is 0.0383. The van der Waals surface area contributed by atoms with Gasteiger partial charge in [0.05, 0.1) is 30.0 Å². The molecule has 5 aliphatic rings. The van der Waals surface area contributed by atoms with Gasteiger partial charge in [-0.3, -0.25) is 24.1 Å². The summed E-state index contributed by atoms with van der Waals surface area (Å²) < 4.78 is 35.2. The van der Waals surface area contributed by atoms with E-state index in [2.05, 4.69) is 10.6 Å². The van der Waals surface area contributed by atoms with E-state index in [1.54, 1.807) is 21.9 Å². The highest BCUT2D eigenvalue weighted by Gasteiger charge is 2.47. The second-order valence-electron chi connectivity index (χ2n) is 13.2. The molecule has 7 atom stereocenters. The molecule has 16 heteroatoms. The van der Waals surface area contributed by atoms with E-state index in [4.69, 9.17) is 9.47 Å². The molecule has 0 aromatic heterocycles. The van der Waals surface area contributed by atoms with Crippen molar-refractivity contribution in [3.63, 3.8) is 0 Å². The Bertz CT molecular complexity index is 1470. The number of benzene rings is 1. The van der Waals surface area contributed by atoms with Crippen LogP contribution in [0.4, 0.5) is 0 Å². The van der Waals surface area contributed by atoms with Gasteiger partial charge in [-0.15, -0.1) is 0 Å². The SMILES string of the molecule is CS(=O)(=O)c1ccc(CN2C[C@@H]3C[C@H]2C(=O)N2CCN(C(=O)C4CCOCC4)[C@@H](C2)C(=O)NC[C@H]2O[C@@H](CC(=O)N3)[C@H](O)[C@@H]2O)cc1. The number of aliphatic hydroxyl groups is 2. The first kappa shape index (κ1) is 33.7. The van der Waals surface area contributed by atoms with Crippen molar-refractivity contribution < 1.29 is 47.3 Å². The number of aliphatic hydroxyl groups excluding tert-OH is 2. The van der Waals surface area contributed by atoms with Gasteiger partial charge in [0.25, 0.3) is 0 Å². The van der Waals surface area contributed by atoms with Crippen molar-refractivity contribution in [2.24, 2.45) is 5.92 Å². The van der Waals surface area contributed by atoms with Gasteiger partial charge in [-0.05, 0) is 37.0 Å². The topological polar surface area (TPSA) is 195 Å². The average Bonchev–Trinajstić information content (AvgIpc) is 3.57. The summed E-state index contributed by atoms with van der Waals surface area (Å²) in [7, 11) is -3.39. The van der Waals surface area contributed by atoms with Crippen LogP contribution in [0.1, 0.15) is 31.2 Å². The maximum Gasteiger partial charge on any atom is 0.244 e. The van der Waals surface area contributed by atoms with E-state index in [1.807, 2.05) is 4.90 Å². The van der Waals surface area contributed by atoms with Gasteiger partial charge < -0.3 is 40.1 Å². The van der Waals surface area contributed by atoms with E-state index in [-0.39, 0.29) is 61.6 Å². The smallest absolute Gasteiger partial charge is 0.244 e. The van der Waals surface area contributed by atoms with Crippen LogP contribution in [0.2, 0.25) is 0 Å². The maximum absolute atomic E-state index is 14.2. The van der Waals surface area contributed by atoms with Crippen LogP contribution in [0.15, 0.2) is 29.2 Å². The Balaban J connectivity index is 1.27. The second kappa shape index (κ2) is 13.8. The molecule has 15 nitrogen and oxygen atoms in total. The summed E-state index contributed by atoms with van der Waals surface area (Å²) in [4.78, 5) is 59.9. The molecule has 1 aromatic rings. The van der Waals surface area contributed by atoms with E-state index < -0.39 is 64.2 Å². The molecular formula is C31H43N5O10S. The minimum atomic E-state index is -3.39. The van der Waals surface area contributed by atoms with E-state index >= 15 is 0 Å². The molecule has 0 saturated carbocycles. The van der Waals surface area contributed by atoms with Crippen LogP contribution in [0.25, 0.3) is 0 Å². The Morgan fingerprint density at radius 2 is 1.68 bits per heavy atom. The number of ether oxygens (including phenoxy) is 2. The second-order valence-corrected chi connectivity index (χ2v) is 15.2. The van der Waals surface area contributed by atoms with Crippen molar-refractivity contribution in [1.82, 2.24) is 25.3 Å². The summed E-state index contributed by atoms with van der Waals surface area (Å²) in [5, 5.41) is 27.0. The third-order valence-corrected chi connectivity index (χ3v) is 11.1. The number of rotatable bonds is 4. The number of amides is 4. The minimum Gasteiger partial charge on any atom is -0.388 e. The Labute approximate surface area is 273 Å². The van der Waals surface area contributed by atoms with Crippen LogP contribution in [0.3, 0.4) is 0 Å². The van der Waals surface area contributed by atoms with Crippen molar-refractivity contribution in [2.75, 3.05) is 52.2 Å². The van der Waals surface area contributed by atoms with Gasteiger partial charge in [0, 0.05) is 64.2 Å². The summed E-state index contributed by atoms with van der Waals surface area (Å²) in [6.07, 6.45) is -2.39. The van der Waals surface area contributed by atoms with Gasteiger partial charge in [-0.2, -0.15) is 0 Å². The molecule has 5 heterocycles. The molecule has 1 aromatic carbocycles. The number of nitrogens with one attached hydrogen (secondary N) is 2. The number of hydrogen-bond donors (Lipinski definition) is 4. The molecule has 0 spiro atoms. The molecule has 4 amide bonds. The highest BCUT2D eigenvalue weighted by Crippen LogP contribution is 2.28. The third kappa shape index (κ3) is 7.32. The largest absolute Gasteiger partial charge is 0.388 e. The summed E-state index contributed by atoms with van der Waals surface area (Å²) in [6, 6.07) is 4.36. The Morgan fingerprint density at radius 1 is 0.979 bits per heavy atom. The number of fused-ring (bicyclic) bond motifs is 6. The van der Waals surface area contributed by atoms with Crippen molar-refractivity contribution in [3.8, 4) is 0 Å². The van der Waals surface area contributed by atoms with Crippen LogP contribution in [-0.2, 0) is 45.0 Å². The fraction of sp³-hybridized carbons (Fsp3) is 0.677. The Kier molecular flexibility index (Phi) is 9.88. The lowest BCUT2D eigenvalue weighted by molar-refractivity contribution is -0.154. The predicted molar refractivity (Wildman–Crippen MR) is 164 cm³/mol. The summed E-state index contributed by atoms with van der Waals surface area (Å²) in [6.45, 7) is 1.72. The zero-order valence-corrected chi connectivity index (χ0v) is 27.1. The van der Waals surface area contributed by atoms with Crippen LogP contribution in [0, 0.1) is 5.92 Å². The lowest BCUT2D eigenvalue weighted by atomic mass is 9.96. The molecular weight excluding hydrogens is 634 g/mol. The van der Waals surface area contributed by atoms with E-state index in [0.717, 1.165) is 11.8 Å². The molecule has 0 aliphatic carbocycles. The molecule has 0 unspecified atom stereocenters. The first-order valence-electron chi connectivity index (χ1n) is 16.2. The Hall–Kier alpha value is -3.15. The van der Waals surface area contributed by atoms with Gasteiger partial charge in [0.2, 0.25) is 23.6 Å². The summed E-state index contributed by atoms with van der Waals surface area (Å²) in [5.74, 6) is -1.60. The predicted octanol–water partition coefficient (Wildman–Crippen LogP) is -2.38. The van der Waals surface area contributed by atoms with Crippen molar-refractivity contribution in [2.45, 2.75) is 79.7 Å². The van der Waals surface area contributed by atoms with Gasteiger partial charge in [0.15, 0.2) is 9.84 Å². The van der Waals surface area contributed by atoms with Crippen molar-refractivity contribution in [1.29, 1.82) is 0 Å². The number of sulfone groups is 1. The molecule has 5 saturated heterocycles. The third-order valence-electron chi connectivity index (χ3n) is 9.96. The standard InChI is InChI=1S/C31H43N5O10S/c1-47(43,44)21-4-2-18(3-5-21)15-35-16-20-12-22(35)31(42)34-8-9-36(30(41)19-6-10-45-11-7-19)23(17-34)29(40)32-14-25-28(39)27(38)24(46-25)13-26(37)33-20/h2-5,19-20,22-25,27-28,38-39H,6-17H2,1H3,(H,32,40)(H,33,37)/t20-,22-,23-,24-,25+,27-,28+/m0/s1. The zero-order chi connectivity index (χ0) is 33.5. The number of carbonyl (C=O) groups excluding carboxylic acids is 4. The molecule has 6 rings (SSSR count). The normalized spacial score (nSPS) is 33.1. The fourth-order valence-corrected chi connectivity index (χ4v) is 7.96. The maximum atomic E-state index is 14.2. The molecule has 258 valence electrons. The molecule has 4 N–H and O–H groups in total. The average molecular weight is 678 g/mol. The van der Waals surface area contributed by atoms with E-state index in [1.165, 1.54) is 12.1 Å². The summed E-state index contributed by atoms with van der Waals surface area (Å²) in [5.41, 5.74) is 0.778. The molecule has 47 heavy (non-hydrogen) atoms. The Morgan fingerprint density at radius 3 is 2.38 bits per heavy atom. The van der Waals surface area contributed by atoms with E-state index in [9.17, 15) is 37.8 Å².